The second-order valence-corrected chi connectivity index (χ2v) is 6.63. The van der Waals surface area contributed by atoms with Gasteiger partial charge >= 0.3 is 0 Å². The maximum absolute atomic E-state index is 8.95. The minimum Gasteiger partial charge on any atom is -0.455 e. The van der Waals surface area contributed by atoms with Gasteiger partial charge in [-0.3, -0.25) is 4.98 Å². The van der Waals surface area contributed by atoms with E-state index in [4.69, 9.17) is 9.84 Å². The first-order chi connectivity index (χ1) is 14.1. The highest BCUT2D eigenvalue weighted by molar-refractivity contribution is 5.89. The number of benzene rings is 1. The number of rotatable bonds is 6. The molecule has 0 bridgehead atoms. The Morgan fingerprint density at radius 3 is 2.76 bits per heavy atom. The van der Waals surface area contributed by atoms with Crippen LogP contribution in [0.2, 0.25) is 0 Å². The Morgan fingerprint density at radius 2 is 2.00 bits per heavy atom. The van der Waals surface area contributed by atoms with Crippen LogP contribution in [-0.2, 0) is 0 Å². The van der Waals surface area contributed by atoms with Crippen LogP contribution in [0.15, 0.2) is 55.0 Å². The van der Waals surface area contributed by atoms with Gasteiger partial charge in [-0.2, -0.15) is 0 Å². The van der Waals surface area contributed by atoms with Crippen LogP contribution in [0.4, 0.5) is 11.5 Å². The molecule has 146 valence electrons. The first-order valence-corrected chi connectivity index (χ1v) is 9.21. The number of nitrogens with zero attached hydrogens (tertiary/aromatic N) is 3. The van der Waals surface area contributed by atoms with Gasteiger partial charge in [0.05, 0.1) is 18.3 Å². The van der Waals surface area contributed by atoms with Gasteiger partial charge < -0.3 is 20.1 Å². The third-order valence-electron chi connectivity index (χ3n) is 4.39. The summed E-state index contributed by atoms with van der Waals surface area (Å²) in [6.07, 6.45) is 6.71. The number of fused-ring (bicyclic) bond motifs is 1. The van der Waals surface area contributed by atoms with Gasteiger partial charge in [0.25, 0.3) is 0 Å². The molecule has 0 aliphatic rings. The molecule has 4 rings (SSSR count). The summed E-state index contributed by atoms with van der Waals surface area (Å²) in [5.41, 5.74) is 5.27. The number of aromatic nitrogens is 4. The van der Waals surface area contributed by atoms with E-state index >= 15 is 0 Å². The third-order valence-corrected chi connectivity index (χ3v) is 4.39. The lowest BCUT2D eigenvalue weighted by atomic mass is 10.2. The quantitative estimate of drug-likeness (QED) is 0.450. The summed E-state index contributed by atoms with van der Waals surface area (Å²) < 4.78 is 5.93. The summed E-state index contributed by atoms with van der Waals surface area (Å²) in [4.78, 5) is 16.2. The van der Waals surface area contributed by atoms with Gasteiger partial charge in [0.2, 0.25) is 0 Å². The number of ether oxygens (including phenoxy) is 1. The zero-order valence-electron chi connectivity index (χ0n) is 16.2. The Kier molecular flexibility index (Phi) is 5.22. The first-order valence-electron chi connectivity index (χ1n) is 9.21. The van der Waals surface area contributed by atoms with Crippen LogP contribution in [0.1, 0.15) is 17.0 Å². The Morgan fingerprint density at radius 1 is 1.10 bits per heavy atom. The molecule has 4 aromatic rings. The van der Waals surface area contributed by atoms with Gasteiger partial charge in [-0.1, -0.05) is 6.08 Å². The van der Waals surface area contributed by atoms with E-state index in [1.807, 2.05) is 56.3 Å². The van der Waals surface area contributed by atoms with E-state index in [1.54, 1.807) is 12.3 Å². The van der Waals surface area contributed by atoms with E-state index in [2.05, 4.69) is 25.3 Å². The number of nitrogens with one attached hydrogen (secondary N) is 2. The van der Waals surface area contributed by atoms with Crippen molar-refractivity contribution < 1.29 is 9.84 Å². The highest BCUT2D eigenvalue weighted by Crippen LogP contribution is 2.29. The molecule has 0 spiro atoms. The van der Waals surface area contributed by atoms with E-state index in [0.29, 0.717) is 11.6 Å². The largest absolute Gasteiger partial charge is 0.455 e. The average molecular weight is 387 g/mol. The predicted molar refractivity (Wildman–Crippen MR) is 114 cm³/mol. The fourth-order valence-electron chi connectivity index (χ4n) is 2.94. The van der Waals surface area contributed by atoms with Crippen molar-refractivity contribution in [2.45, 2.75) is 13.8 Å². The number of aromatic amines is 1. The van der Waals surface area contributed by atoms with Crippen molar-refractivity contribution in [2.75, 3.05) is 11.9 Å². The highest BCUT2D eigenvalue weighted by atomic mass is 16.5. The van der Waals surface area contributed by atoms with Gasteiger partial charge in [0, 0.05) is 17.1 Å². The summed E-state index contributed by atoms with van der Waals surface area (Å²) in [5, 5.41) is 12.3. The fraction of sp³-hybridized carbons (Fsp3) is 0.136. The lowest BCUT2D eigenvalue weighted by molar-refractivity contribution is 0.343. The van der Waals surface area contributed by atoms with E-state index < -0.39 is 0 Å². The summed E-state index contributed by atoms with van der Waals surface area (Å²) in [5.74, 6) is 2.14. The van der Waals surface area contributed by atoms with Gasteiger partial charge in [-0.05, 0) is 61.9 Å². The maximum Gasteiger partial charge on any atom is 0.158 e. The Labute approximate surface area is 168 Å². The summed E-state index contributed by atoms with van der Waals surface area (Å²) in [6.45, 7) is 3.91. The molecule has 3 N–H and O–H groups in total. The summed E-state index contributed by atoms with van der Waals surface area (Å²) in [7, 11) is 0. The number of anilines is 2. The van der Waals surface area contributed by atoms with Crippen molar-refractivity contribution in [3.63, 3.8) is 0 Å². The first kappa shape index (κ1) is 18.6. The number of hydrogen-bond donors (Lipinski definition) is 3. The van der Waals surface area contributed by atoms with Crippen LogP contribution >= 0.6 is 0 Å². The van der Waals surface area contributed by atoms with E-state index in [1.165, 1.54) is 6.33 Å². The van der Waals surface area contributed by atoms with Crippen molar-refractivity contribution in [1.29, 1.82) is 0 Å². The molecule has 0 amide bonds. The third kappa shape index (κ3) is 4.25. The molecule has 1 aromatic carbocycles. The predicted octanol–water partition coefficient (Wildman–Crippen LogP) is 4.51. The number of pyridine rings is 1. The molecule has 0 fully saturated rings. The van der Waals surface area contributed by atoms with Crippen molar-refractivity contribution in [2.24, 2.45) is 0 Å². The molecular formula is C22H21N5O2. The van der Waals surface area contributed by atoms with Crippen LogP contribution in [0.25, 0.3) is 17.1 Å². The summed E-state index contributed by atoms with van der Waals surface area (Å²) >= 11 is 0. The molecular weight excluding hydrogens is 366 g/mol. The Hall–Kier alpha value is -3.71. The van der Waals surface area contributed by atoms with Gasteiger partial charge in [-0.25, -0.2) is 9.97 Å². The molecule has 0 unspecified atom stereocenters. The molecule has 0 aliphatic carbocycles. The van der Waals surface area contributed by atoms with Gasteiger partial charge in [0.15, 0.2) is 5.82 Å². The molecule has 3 aromatic heterocycles. The fourth-order valence-corrected chi connectivity index (χ4v) is 2.94. The topological polar surface area (TPSA) is 96.0 Å². The Balaban J connectivity index is 1.56. The minimum absolute atomic E-state index is 0.0154. The number of aryl methyl sites for hydroxylation is 2. The SMILES string of the molecule is Cc1ccc(Oc2ccc(Nc3ncnc4cc(/C=C/CO)[nH]c34)cc2C)cn1. The van der Waals surface area contributed by atoms with E-state index in [9.17, 15) is 0 Å². The van der Waals surface area contributed by atoms with Crippen molar-refractivity contribution in [1.82, 2.24) is 19.9 Å². The van der Waals surface area contributed by atoms with Crippen LogP contribution in [0, 0.1) is 13.8 Å². The zero-order chi connectivity index (χ0) is 20.2. The number of aliphatic hydroxyl groups is 1. The highest BCUT2D eigenvalue weighted by Gasteiger charge is 2.09. The molecule has 0 radical (unpaired) electrons. The molecule has 0 atom stereocenters. The van der Waals surface area contributed by atoms with Crippen LogP contribution in [-0.4, -0.2) is 31.6 Å². The lowest BCUT2D eigenvalue weighted by Crippen LogP contribution is -1.97. The normalized spacial score (nSPS) is 11.3. The monoisotopic (exact) mass is 387 g/mol. The average Bonchev–Trinajstić information content (AvgIpc) is 3.14. The number of hydrogen-bond acceptors (Lipinski definition) is 6. The van der Waals surface area contributed by atoms with E-state index in [0.717, 1.165) is 39.4 Å². The number of H-pyrrole nitrogens is 1. The van der Waals surface area contributed by atoms with Crippen molar-refractivity contribution >= 4 is 28.6 Å². The van der Waals surface area contributed by atoms with Crippen LogP contribution in [0.5, 0.6) is 11.5 Å². The van der Waals surface area contributed by atoms with Crippen molar-refractivity contribution in [3.8, 4) is 11.5 Å². The van der Waals surface area contributed by atoms with Gasteiger partial charge in [0.1, 0.15) is 23.3 Å². The lowest BCUT2D eigenvalue weighted by Gasteiger charge is -2.12. The molecule has 29 heavy (non-hydrogen) atoms. The molecule has 0 saturated carbocycles. The minimum atomic E-state index is -0.0154. The zero-order valence-corrected chi connectivity index (χ0v) is 16.2. The molecule has 7 nitrogen and oxygen atoms in total. The number of aliphatic hydroxyl groups excluding tert-OH is 1. The van der Waals surface area contributed by atoms with Gasteiger partial charge in [-0.15, -0.1) is 0 Å². The molecule has 0 saturated heterocycles. The molecule has 3 heterocycles. The molecule has 7 heteroatoms. The Bertz CT molecular complexity index is 1170. The standard InChI is InChI=1S/C22H21N5O2/c1-14-10-17(6-8-20(14)29-18-7-5-15(2)23-12-18)27-22-21-19(24-13-25-22)11-16(26-21)4-3-9-28/h3-8,10-13,26,28H,9H2,1-2H3,(H,24,25,27)/b4-3+. The van der Waals surface area contributed by atoms with Crippen LogP contribution in [0.3, 0.4) is 0 Å². The smallest absolute Gasteiger partial charge is 0.158 e. The second kappa shape index (κ2) is 8.12. The summed E-state index contributed by atoms with van der Waals surface area (Å²) in [6, 6.07) is 11.6. The van der Waals surface area contributed by atoms with E-state index in [-0.39, 0.29) is 6.61 Å². The van der Waals surface area contributed by atoms with Crippen LogP contribution < -0.4 is 10.1 Å². The second-order valence-electron chi connectivity index (χ2n) is 6.63. The molecule has 0 aliphatic heterocycles. The maximum atomic E-state index is 8.95. The van der Waals surface area contributed by atoms with Crippen molar-refractivity contribution in [3.05, 3.63) is 71.9 Å².